The number of hydrogen-bond acceptors (Lipinski definition) is 7. The van der Waals surface area contributed by atoms with Crippen LogP contribution in [0.5, 0.6) is 0 Å². The Morgan fingerprint density at radius 2 is 2.13 bits per heavy atom. The normalized spacial score (nSPS) is 10.2. The predicted molar refractivity (Wildman–Crippen MR) is 84.6 cm³/mol. The highest BCUT2D eigenvalue weighted by Gasteiger charge is 2.19. The highest BCUT2D eigenvalue weighted by molar-refractivity contribution is 6.08. The first-order chi connectivity index (χ1) is 10.8. The van der Waals surface area contributed by atoms with Crippen LogP contribution in [0.25, 0.3) is 0 Å². The van der Waals surface area contributed by atoms with Crippen molar-refractivity contribution in [1.29, 1.82) is 0 Å². The zero-order valence-corrected chi connectivity index (χ0v) is 12.4. The molecule has 0 aliphatic rings. The van der Waals surface area contributed by atoms with Gasteiger partial charge in [0.2, 0.25) is 0 Å². The van der Waals surface area contributed by atoms with Crippen LogP contribution >= 0.6 is 0 Å². The van der Waals surface area contributed by atoms with Crippen molar-refractivity contribution in [2.75, 3.05) is 30.0 Å². The SMILES string of the molecule is CN(C)c1cc([N+](=O)[O-])ccc1C(=O)Nc1nc[nH]c(=O)c1N. The monoisotopic (exact) mass is 318 g/mol. The van der Waals surface area contributed by atoms with Crippen LogP contribution in [0.3, 0.4) is 0 Å². The van der Waals surface area contributed by atoms with Gasteiger partial charge in [0, 0.05) is 26.2 Å². The van der Waals surface area contributed by atoms with Crippen LogP contribution in [0.2, 0.25) is 0 Å². The molecule has 1 amide bonds. The Morgan fingerprint density at radius 1 is 1.43 bits per heavy atom. The molecule has 120 valence electrons. The van der Waals surface area contributed by atoms with Gasteiger partial charge in [0.25, 0.3) is 17.2 Å². The first-order valence-electron chi connectivity index (χ1n) is 6.41. The Labute approximate surface area is 130 Å². The zero-order chi connectivity index (χ0) is 17.1. The fourth-order valence-electron chi connectivity index (χ4n) is 1.88. The third-order valence-corrected chi connectivity index (χ3v) is 3.04. The van der Waals surface area contributed by atoms with Crippen molar-refractivity contribution in [3.05, 3.63) is 50.6 Å². The number of rotatable bonds is 4. The Morgan fingerprint density at radius 3 is 2.74 bits per heavy atom. The second-order valence-corrected chi connectivity index (χ2v) is 4.80. The number of nitrogens with zero attached hydrogens (tertiary/aromatic N) is 3. The maximum atomic E-state index is 12.4. The number of hydrogen-bond donors (Lipinski definition) is 3. The van der Waals surface area contributed by atoms with E-state index in [0.29, 0.717) is 5.69 Å². The van der Waals surface area contributed by atoms with E-state index in [1.54, 1.807) is 19.0 Å². The van der Waals surface area contributed by atoms with Gasteiger partial charge in [-0.05, 0) is 6.07 Å². The average Bonchev–Trinajstić information content (AvgIpc) is 2.51. The third kappa shape index (κ3) is 3.26. The lowest BCUT2D eigenvalue weighted by Gasteiger charge is -2.17. The minimum absolute atomic E-state index is 0.0817. The largest absolute Gasteiger partial charge is 0.391 e. The van der Waals surface area contributed by atoms with Gasteiger partial charge in [-0.15, -0.1) is 0 Å². The van der Waals surface area contributed by atoms with E-state index in [1.807, 2.05) is 0 Å². The number of nitro benzene ring substituents is 1. The Hall–Kier alpha value is -3.43. The van der Waals surface area contributed by atoms with Crippen molar-refractivity contribution in [3.63, 3.8) is 0 Å². The summed E-state index contributed by atoms with van der Waals surface area (Å²) in [5, 5.41) is 13.3. The number of aromatic amines is 1. The third-order valence-electron chi connectivity index (χ3n) is 3.04. The van der Waals surface area contributed by atoms with Crippen LogP contribution in [0.15, 0.2) is 29.3 Å². The highest BCUT2D eigenvalue weighted by atomic mass is 16.6. The maximum Gasteiger partial charge on any atom is 0.276 e. The zero-order valence-electron chi connectivity index (χ0n) is 12.4. The van der Waals surface area contributed by atoms with Crippen molar-refractivity contribution in [3.8, 4) is 0 Å². The van der Waals surface area contributed by atoms with Crippen LogP contribution in [-0.4, -0.2) is 34.9 Å². The standard InChI is InChI=1S/C13H14N6O4/c1-18(2)9-5-7(19(22)23)3-4-8(9)12(20)17-11-10(14)13(21)16-6-15-11/h3-6H,14H2,1-2H3,(H2,15,16,17,20,21). The van der Waals surface area contributed by atoms with Crippen molar-refractivity contribution in [2.45, 2.75) is 0 Å². The average molecular weight is 318 g/mol. The van der Waals surface area contributed by atoms with Gasteiger partial charge in [0.05, 0.1) is 22.5 Å². The summed E-state index contributed by atoms with van der Waals surface area (Å²) in [6.45, 7) is 0. The molecule has 0 saturated carbocycles. The van der Waals surface area contributed by atoms with E-state index in [1.165, 1.54) is 18.2 Å². The molecule has 2 rings (SSSR count). The number of aromatic nitrogens is 2. The molecule has 23 heavy (non-hydrogen) atoms. The number of amides is 1. The minimum Gasteiger partial charge on any atom is -0.391 e. The number of carbonyl (C=O) groups excluding carboxylic acids is 1. The number of H-pyrrole nitrogens is 1. The molecule has 0 saturated heterocycles. The second kappa shape index (κ2) is 6.13. The fraction of sp³-hybridized carbons (Fsp3) is 0.154. The minimum atomic E-state index is -0.589. The molecule has 0 fully saturated rings. The Kier molecular flexibility index (Phi) is 4.25. The fourth-order valence-corrected chi connectivity index (χ4v) is 1.88. The molecule has 0 atom stereocenters. The van der Waals surface area contributed by atoms with Crippen LogP contribution in [-0.2, 0) is 0 Å². The number of nitrogens with two attached hydrogens (primary N) is 1. The van der Waals surface area contributed by atoms with Crippen molar-refractivity contribution >= 4 is 28.8 Å². The Balaban J connectivity index is 2.41. The molecule has 10 heteroatoms. The van der Waals surface area contributed by atoms with Crippen LogP contribution in [0.1, 0.15) is 10.4 Å². The molecule has 4 N–H and O–H groups in total. The maximum absolute atomic E-state index is 12.4. The first-order valence-corrected chi connectivity index (χ1v) is 6.41. The molecular formula is C13H14N6O4. The number of carbonyl (C=O) groups is 1. The predicted octanol–water partition coefficient (Wildman–Crippen LogP) is 0.579. The number of non-ortho nitro benzene ring substituents is 1. The van der Waals surface area contributed by atoms with Gasteiger partial charge in [-0.3, -0.25) is 19.7 Å². The summed E-state index contributed by atoms with van der Waals surface area (Å²) >= 11 is 0. The van der Waals surface area contributed by atoms with Gasteiger partial charge < -0.3 is 20.9 Å². The van der Waals surface area contributed by atoms with Crippen LogP contribution < -0.4 is 21.5 Å². The summed E-state index contributed by atoms with van der Waals surface area (Å²) in [6.07, 6.45) is 1.11. The summed E-state index contributed by atoms with van der Waals surface area (Å²) in [4.78, 5) is 41.7. The van der Waals surface area contributed by atoms with E-state index in [-0.39, 0.29) is 22.8 Å². The molecule has 1 aromatic carbocycles. The van der Waals surface area contributed by atoms with Gasteiger partial charge in [-0.1, -0.05) is 0 Å². The van der Waals surface area contributed by atoms with E-state index in [9.17, 15) is 19.7 Å². The molecular weight excluding hydrogens is 304 g/mol. The van der Waals surface area contributed by atoms with E-state index >= 15 is 0 Å². The number of benzene rings is 1. The first kappa shape index (κ1) is 15.9. The molecule has 0 aliphatic heterocycles. The molecule has 0 spiro atoms. The van der Waals surface area contributed by atoms with Gasteiger partial charge >= 0.3 is 0 Å². The summed E-state index contributed by atoms with van der Waals surface area (Å²) in [5.74, 6) is -0.671. The van der Waals surface area contributed by atoms with Gasteiger partial charge in [-0.2, -0.15) is 0 Å². The summed E-state index contributed by atoms with van der Waals surface area (Å²) in [5.41, 5.74) is 5.14. The lowest BCUT2D eigenvalue weighted by atomic mass is 10.1. The van der Waals surface area contributed by atoms with Crippen molar-refractivity contribution in [2.24, 2.45) is 0 Å². The number of anilines is 3. The summed E-state index contributed by atoms with van der Waals surface area (Å²) < 4.78 is 0. The van der Waals surface area contributed by atoms with Gasteiger partial charge in [0.1, 0.15) is 5.69 Å². The molecule has 10 nitrogen and oxygen atoms in total. The second-order valence-electron chi connectivity index (χ2n) is 4.80. The summed E-state index contributed by atoms with van der Waals surface area (Å²) in [7, 11) is 3.30. The molecule has 0 bridgehead atoms. The molecule has 2 aromatic rings. The quantitative estimate of drug-likeness (QED) is 0.551. The topological polar surface area (TPSA) is 147 Å². The number of nitro groups is 1. The van der Waals surface area contributed by atoms with Crippen molar-refractivity contribution < 1.29 is 9.72 Å². The van der Waals surface area contributed by atoms with Crippen molar-refractivity contribution in [1.82, 2.24) is 9.97 Å². The smallest absolute Gasteiger partial charge is 0.276 e. The highest BCUT2D eigenvalue weighted by Crippen LogP contribution is 2.25. The van der Waals surface area contributed by atoms with E-state index < -0.39 is 16.4 Å². The van der Waals surface area contributed by atoms with E-state index in [4.69, 9.17) is 5.73 Å². The number of nitrogens with one attached hydrogen (secondary N) is 2. The van der Waals surface area contributed by atoms with Crippen LogP contribution in [0.4, 0.5) is 22.9 Å². The molecule has 0 unspecified atom stereocenters. The molecule has 1 heterocycles. The Bertz CT molecular complexity index is 829. The van der Waals surface area contributed by atoms with E-state index in [0.717, 1.165) is 6.33 Å². The lowest BCUT2D eigenvalue weighted by Crippen LogP contribution is -2.22. The molecule has 0 aliphatic carbocycles. The van der Waals surface area contributed by atoms with Gasteiger partial charge in [0.15, 0.2) is 5.82 Å². The number of nitrogen functional groups attached to an aromatic ring is 1. The molecule has 1 aromatic heterocycles. The van der Waals surface area contributed by atoms with Crippen LogP contribution in [0, 0.1) is 10.1 Å². The van der Waals surface area contributed by atoms with E-state index in [2.05, 4.69) is 15.3 Å². The molecule has 0 radical (unpaired) electrons. The summed E-state index contributed by atoms with van der Waals surface area (Å²) in [6, 6.07) is 3.83. The lowest BCUT2D eigenvalue weighted by molar-refractivity contribution is -0.384. The van der Waals surface area contributed by atoms with Gasteiger partial charge in [-0.25, -0.2) is 4.98 Å².